The van der Waals surface area contributed by atoms with Gasteiger partial charge in [-0.25, -0.2) is 4.79 Å². The van der Waals surface area contributed by atoms with Crippen LogP contribution in [0.5, 0.6) is 5.75 Å². The molecule has 1 aromatic carbocycles. The van der Waals surface area contributed by atoms with Gasteiger partial charge in [0.05, 0.1) is 12.8 Å². The van der Waals surface area contributed by atoms with E-state index in [1.807, 2.05) is 28.6 Å². The molecule has 0 bridgehead atoms. The summed E-state index contributed by atoms with van der Waals surface area (Å²) < 4.78 is 7.23. The van der Waals surface area contributed by atoms with E-state index in [1.54, 1.807) is 7.11 Å². The van der Waals surface area contributed by atoms with Crippen LogP contribution in [0.15, 0.2) is 30.3 Å². The van der Waals surface area contributed by atoms with E-state index in [2.05, 4.69) is 40.4 Å². The van der Waals surface area contributed by atoms with Gasteiger partial charge in [0.25, 0.3) is 0 Å². The summed E-state index contributed by atoms with van der Waals surface area (Å²) in [5.74, 6) is 0.880. The van der Waals surface area contributed by atoms with Gasteiger partial charge in [0.2, 0.25) is 0 Å². The largest absolute Gasteiger partial charge is 0.497 e. The van der Waals surface area contributed by atoms with Crippen molar-refractivity contribution >= 4 is 6.03 Å². The zero-order valence-electron chi connectivity index (χ0n) is 17.9. The third kappa shape index (κ3) is 6.22. The Labute approximate surface area is 173 Å². The molecule has 3 rings (SSSR count). The number of methoxy groups -OCH3 is 1. The smallest absolute Gasteiger partial charge is 0.317 e. The number of hydrogen-bond acceptors (Lipinski definition) is 4. The molecule has 1 aliphatic rings. The Balaban J connectivity index is 1.38. The van der Waals surface area contributed by atoms with Crippen LogP contribution in [-0.4, -0.2) is 65.4 Å². The van der Waals surface area contributed by atoms with Gasteiger partial charge in [0.1, 0.15) is 5.75 Å². The van der Waals surface area contributed by atoms with Crippen LogP contribution >= 0.6 is 0 Å². The Morgan fingerprint density at radius 1 is 1.14 bits per heavy atom. The molecule has 158 valence electrons. The first-order chi connectivity index (χ1) is 14.0. The lowest BCUT2D eigenvalue weighted by molar-refractivity contribution is 0.197. The monoisotopic (exact) mass is 399 g/mol. The van der Waals surface area contributed by atoms with Gasteiger partial charge >= 0.3 is 6.03 Å². The summed E-state index contributed by atoms with van der Waals surface area (Å²) in [5, 5.41) is 7.53. The van der Waals surface area contributed by atoms with Gasteiger partial charge in [-0.3, -0.25) is 9.58 Å². The normalized spacial score (nSPS) is 15.2. The van der Waals surface area contributed by atoms with E-state index in [4.69, 9.17) is 4.74 Å². The number of carbonyl (C=O) groups excluding carboxylic acids is 1. The Bertz CT molecular complexity index is 787. The number of aryl methyl sites for hydroxylation is 3. The highest BCUT2D eigenvalue weighted by molar-refractivity contribution is 5.74. The second-order valence-corrected chi connectivity index (χ2v) is 7.70. The average molecular weight is 400 g/mol. The summed E-state index contributed by atoms with van der Waals surface area (Å²) in [7, 11) is 1.68. The van der Waals surface area contributed by atoms with Crippen molar-refractivity contribution in [3.05, 3.63) is 47.3 Å². The molecule has 0 spiro atoms. The Morgan fingerprint density at radius 2 is 1.93 bits per heavy atom. The average Bonchev–Trinajstić information content (AvgIpc) is 2.90. The van der Waals surface area contributed by atoms with Crippen molar-refractivity contribution in [1.82, 2.24) is 24.9 Å². The minimum atomic E-state index is 0.0460. The van der Waals surface area contributed by atoms with Crippen molar-refractivity contribution in [1.29, 1.82) is 0 Å². The molecule has 0 atom stereocenters. The molecule has 7 nitrogen and oxygen atoms in total. The van der Waals surface area contributed by atoms with E-state index in [0.717, 1.165) is 63.6 Å². The number of aromatic nitrogens is 2. The van der Waals surface area contributed by atoms with E-state index >= 15 is 0 Å². The van der Waals surface area contributed by atoms with Crippen molar-refractivity contribution in [2.45, 2.75) is 39.8 Å². The molecule has 2 amide bonds. The predicted octanol–water partition coefficient (Wildman–Crippen LogP) is 2.82. The van der Waals surface area contributed by atoms with Gasteiger partial charge < -0.3 is 15.0 Å². The Morgan fingerprint density at radius 3 is 2.62 bits per heavy atom. The molecule has 1 fully saturated rings. The van der Waals surface area contributed by atoms with Crippen molar-refractivity contribution in [2.75, 3.05) is 39.8 Å². The van der Waals surface area contributed by atoms with E-state index in [1.165, 1.54) is 11.3 Å². The molecule has 0 saturated carbocycles. The molecular formula is C22H33N5O2. The van der Waals surface area contributed by atoms with Crippen molar-refractivity contribution in [3.8, 4) is 5.75 Å². The first kappa shape index (κ1) is 21.2. The molecule has 1 N–H and O–H groups in total. The lowest BCUT2D eigenvalue weighted by atomic mass is 10.2. The predicted molar refractivity (Wildman–Crippen MR) is 114 cm³/mol. The minimum absolute atomic E-state index is 0.0460. The van der Waals surface area contributed by atoms with Gasteiger partial charge in [-0.05, 0) is 50.5 Å². The van der Waals surface area contributed by atoms with Gasteiger partial charge in [-0.1, -0.05) is 12.1 Å². The van der Waals surface area contributed by atoms with Crippen LogP contribution in [0.25, 0.3) is 0 Å². The molecular weight excluding hydrogens is 366 g/mol. The SMILES string of the molecule is COc1ccc(CN2CCCN(C(=O)NCCCn3nc(C)cc3C)CC2)cc1. The third-order valence-electron chi connectivity index (χ3n) is 5.37. The second-order valence-electron chi connectivity index (χ2n) is 7.70. The number of hydrogen-bond donors (Lipinski definition) is 1. The summed E-state index contributed by atoms with van der Waals surface area (Å²) in [4.78, 5) is 16.9. The van der Waals surface area contributed by atoms with Crippen LogP contribution in [-0.2, 0) is 13.1 Å². The number of benzene rings is 1. The van der Waals surface area contributed by atoms with Crippen LogP contribution in [0.2, 0.25) is 0 Å². The maximum absolute atomic E-state index is 12.5. The van der Waals surface area contributed by atoms with E-state index in [0.29, 0.717) is 6.54 Å². The van der Waals surface area contributed by atoms with E-state index < -0.39 is 0 Å². The van der Waals surface area contributed by atoms with E-state index in [9.17, 15) is 4.79 Å². The molecule has 7 heteroatoms. The van der Waals surface area contributed by atoms with Crippen molar-refractivity contribution in [2.24, 2.45) is 0 Å². The summed E-state index contributed by atoms with van der Waals surface area (Å²) >= 11 is 0. The number of nitrogens with one attached hydrogen (secondary N) is 1. The maximum Gasteiger partial charge on any atom is 0.317 e. The number of amides is 2. The highest BCUT2D eigenvalue weighted by Crippen LogP contribution is 2.14. The maximum atomic E-state index is 12.5. The fraction of sp³-hybridized carbons (Fsp3) is 0.545. The van der Waals surface area contributed by atoms with Crippen LogP contribution < -0.4 is 10.1 Å². The van der Waals surface area contributed by atoms with Crippen LogP contribution in [0.4, 0.5) is 4.79 Å². The molecule has 2 heterocycles. The zero-order valence-corrected chi connectivity index (χ0v) is 17.9. The zero-order chi connectivity index (χ0) is 20.6. The molecule has 0 aliphatic carbocycles. The highest BCUT2D eigenvalue weighted by atomic mass is 16.5. The van der Waals surface area contributed by atoms with Crippen molar-refractivity contribution < 1.29 is 9.53 Å². The first-order valence-corrected chi connectivity index (χ1v) is 10.4. The van der Waals surface area contributed by atoms with Crippen LogP contribution in [0, 0.1) is 13.8 Å². The number of urea groups is 1. The second kappa shape index (κ2) is 10.3. The lowest BCUT2D eigenvalue weighted by Crippen LogP contribution is -2.42. The summed E-state index contributed by atoms with van der Waals surface area (Å²) in [6, 6.07) is 10.3. The summed E-state index contributed by atoms with van der Waals surface area (Å²) in [6.07, 6.45) is 1.88. The fourth-order valence-electron chi connectivity index (χ4n) is 3.76. The first-order valence-electron chi connectivity index (χ1n) is 10.4. The van der Waals surface area contributed by atoms with Gasteiger partial charge in [0, 0.05) is 51.5 Å². The van der Waals surface area contributed by atoms with Gasteiger partial charge in [0.15, 0.2) is 0 Å². The van der Waals surface area contributed by atoms with Gasteiger partial charge in [-0.2, -0.15) is 5.10 Å². The standard InChI is InChI=1S/C22H33N5O2/c1-18-16-19(2)27(24-18)13-4-10-23-22(28)26-12-5-11-25(14-15-26)17-20-6-8-21(29-3)9-7-20/h6-9,16H,4-5,10-15,17H2,1-3H3,(H,23,28). The van der Waals surface area contributed by atoms with Crippen molar-refractivity contribution in [3.63, 3.8) is 0 Å². The Hall–Kier alpha value is -2.54. The van der Waals surface area contributed by atoms with Crippen LogP contribution in [0.3, 0.4) is 0 Å². The summed E-state index contributed by atoms with van der Waals surface area (Å²) in [6.45, 7) is 9.94. The number of carbonyl (C=O) groups is 1. The molecule has 0 radical (unpaired) electrons. The Kier molecular flexibility index (Phi) is 7.52. The molecule has 1 aromatic heterocycles. The number of ether oxygens (including phenoxy) is 1. The molecule has 0 unspecified atom stereocenters. The van der Waals surface area contributed by atoms with Gasteiger partial charge in [-0.15, -0.1) is 0 Å². The molecule has 29 heavy (non-hydrogen) atoms. The highest BCUT2D eigenvalue weighted by Gasteiger charge is 2.19. The van der Waals surface area contributed by atoms with E-state index in [-0.39, 0.29) is 6.03 Å². The third-order valence-corrected chi connectivity index (χ3v) is 5.37. The van der Waals surface area contributed by atoms with Crippen LogP contribution in [0.1, 0.15) is 29.8 Å². The number of rotatable bonds is 7. The fourth-order valence-corrected chi connectivity index (χ4v) is 3.76. The molecule has 1 saturated heterocycles. The molecule has 1 aliphatic heterocycles. The number of nitrogens with zero attached hydrogens (tertiary/aromatic N) is 4. The summed E-state index contributed by atoms with van der Waals surface area (Å²) in [5.41, 5.74) is 3.47. The molecule has 2 aromatic rings. The quantitative estimate of drug-likeness (QED) is 0.728. The minimum Gasteiger partial charge on any atom is -0.497 e. The topological polar surface area (TPSA) is 62.6 Å². The lowest BCUT2D eigenvalue weighted by Gasteiger charge is -2.22.